The first-order valence-electron chi connectivity index (χ1n) is 8.55. The smallest absolute Gasteiger partial charge is 0.338 e. The molecule has 0 spiro atoms. The van der Waals surface area contributed by atoms with Crippen LogP contribution in [0.4, 0.5) is 0 Å². The zero-order valence-corrected chi connectivity index (χ0v) is 15.4. The van der Waals surface area contributed by atoms with Gasteiger partial charge in [-0.3, -0.25) is 4.79 Å². The van der Waals surface area contributed by atoms with Crippen molar-refractivity contribution in [3.05, 3.63) is 65.5 Å². The second-order valence-corrected chi connectivity index (χ2v) is 6.14. The number of nitrogens with zero attached hydrogens (tertiary/aromatic N) is 2. The van der Waals surface area contributed by atoms with Gasteiger partial charge < -0.3 is 19.6 Å². The molecule has 3 rings (SSSR count). The predicted molar refractivity (Wildman–Crippen MR) is 99.4 cm³/mol. The molecular weight excluding hydrogens is 362 g/mol. The lowest BCUT2D eigenvalue weighted by molar-refractivity contribution is -0.119. The van der Waals surface area contributed by atoms with Crippen LogP contribution in [-0.2, 0) is 9.53 Å². The van der Waals surface area contributed by atoms with Crippen LogP contribution < -0.4 is 10.5 Å². The largest absolute Gasteiger partial charge is 0.484 e. The Morgan fingerprint density at radius 1 is 1.07 bits per heavy atom. The highest BCUT2D eigenvalue weighted by molar-refractivity contribution is 5.89. The van der Waals surface area contributed by atoms with E-state index in [1.807, 2.05) is 31.2 Å². The molecule has 8 nitrogen and oxygen atoms in total. The van der Waals surface area contributed by atoms with Gasteiger partial charge in [-0.15, -0.1) is 10.2 Å². The normalized spacial score (nSPS) is 11.6. The Kier molecular flexibility index (Phi) is 5.69. The number of amides is 1. The lowest BCUT2D eigenvalue weighted by atomic mass is 10.1. The molecule has 8 heteroatoms. The van der Waals surface area contributed by atoms with E-state index in [0.717, 1.165) is 11.1 Å². The van der Waals surface area contributed by atoms with E-state index in [0.29, 0.717) is 17.2 Å². The maximum atomic E-state index is 12.3. The number of aryl methyl sites for hydroxylation is 1. The summed E-state index contributed by atoms with van der Waals surface area (Å²) in [5.74, 6) is -0.159. The van der Waals surface area contributed by atoms with Gasteiger partial charge in [0.15, 0.2) is 12.7 Å². The molecule has 0 bridgehead atoms. The summed E-state index contributed by atoms with van der Waals surface area (Å²) in [6.45, 7) is 3.40. The Balaban J connectivity index is 1.62. The number of esters is 1. The molecule has 0 fully saturated rings. The molecule has 2 N–H and O–H groups in total. The summed E-state index contributed by atoms with van der Waals surface area (Å²) in [6.07, 6.45) is -0.718. The van der Waals surface area contributed by atoms with E-state index >= 15 is 0 Å². The molecule has 3 aromatic rings. The van der Waals surface area contributed by atoms with Crippen LogP contribution in [0.1, 0.15) is 34.8 Å². The molecule has 0 radical (unpaired) electrons. The second-order valence-electron chi connectivity index (χ2n) is 6.14. The maximum absolute atomic E-state index is 12.3. The predicted octanol–water partition coefficient (Wildman–Crippen LogP) is 2.83. The van der Waals surface area contributed by atoms with Crippen LogP contribution in [-0.4, -0.2) is 28.7 Å². The highest BCUT2D eigenvalue weighted by atomic mass is 16.6. The fourth-order valence-corrected chi connectivity index (χ4v) is 2.33. The number of carbonyl (C=O) groups is 2. The van der Waals surface area contributed by atoms with Crippen molar-refractivity contribution < 1.29 is 23.5 Å². The molecule has 2 aromatic carbocycles. The Hall–Kier alpha value is -3.68. The van der Waals surface area contributed by atoms with Crippen LogP contribution in [0.15, 0.2) is 52.9 Å². The topological polar surface area (TPSA) is 118 Å². The number of benzene rings is 2. The Bertz CT molecular complexity index is 964. The third-order valence-electron chi connectivity index (χ3n) is 3.84. The van der Waals surface area contributed by atoms with Crippen LogP contribution in [0.5, 0.6) is 5.75 Å². The van der Waals surface area contributed by atoms with Crippen LogP contribution in [0.3, 0.4) is 0 Å². The molecule has 0 aliphatic rings. The average molecular weight is 381 g/mol. The molecule has 0 aliphatic carbocycles. The van der Waals surface area contributed by atoms with Gasteiger partial charge in [-0.25, -0.2) is 4.79 Å². The zero-order valence-electron chi connectivity index (χ0n) is 15.4. The summed E-state index contributed by atoms with van der Waals surface area (Å²) in [7, 11) is 0. The minimum Gasteiger partial charge on any atom is -0.484 e. The third-order valence-corrected chi connectivity index (χ3v) is 3.84. The minimum atomic E-state index is -0.718. The fraction of sp³-hybridized carbons (Fsp3) is 0.200. The van der Waals surface area contributed by atoms with Crippen LogP contribution in [0.2, 0.25) is 0 Å². The number of hydrogen-bond donors (Lipinski definition) is 1. The molecule has 1 heterocycles. The summed E-state index contributed by atoms with van der Waals surface area (Å²) in [5, 5.41) is 7.96. The lowest BCUT2D eigenvalue weighted by Crippen LogP contribution is -2.20. The molecule has 1 amide bonds. The van der Waals surface area contributed by atoms with Gasteiger partial charge in [0.25, 0.3) is 11.8 Å². The Morgan fingerprint density at radius 3 is 2.39 bits per heavy atom. The van der Waals surface area contributed by atoms with Gasteiger partial charge in [0.05, 0.1) is 5.56 Å². The summed E-state index contributed by atoms with van der Waals surface area (Å²) in [4.78, 5) is 23.0. The van der Waals surface area contributed by atoms with Gasteiger partial charge in [-0.1, -0.05) is 17.7 Å². The van der Waals surface area contributed by atoms with Crippen molar-refractivity contribution in [1.82, 2.24) is 10.2 Å². The van der Waals surface area contributed by atoms with E-state index in [1.165, 1.54) is 12.1 Å². The minimum absolute atomic E-state index is 0.199. The van der Waals surface area contributed by atoms with E-state index in [4.69, 9.17) is 19.6 Å². The number of carbonyl (C=O) groups excluding carboxylic acids is 2. The van der Waals surface area contributed by atoms with Crippen LogP contribution in [0.25, 0.3) is 11.5 Å². The number of ether oxygens (including phenoxy) is 2. The van der Waals surface area contributed by atoms with E-state index in [9.17, 15) is 9.59 Å². The van der Waals surface area contributed by atoms with E-state index in [2.05, 4.69) is 10.2 Å². The highest BCUT2D eigenvalue weighted by Gasteiger charge is 2.20. The molecule has 0 saturated carbocycles. The summed E-state index contributed by atoms with van der Waals surface area (Å²) in [5.41, 5.74) is 7.24. The Labute approximate surface area is 161 Å². The summed E-state index contributed by atoms with van der Waals surface area (Å²) in [6, 6.07) is 13.8. The number of aromatic nitrogens is 2. The first-order valence-corrected chi connectivity index (χ1v) is 8.55. The summed E-state index contributed by atoms with van der Waals surface area (Å²) < 4.78 is 16.1. The second kappa shape index (κ2) is 8.34. The van der Waals surface area contributed by atoms with Gasteiger partial charge >= 0.3 is 5.97 Å². The van der Waals surface area contributed by atoms with E-state index in [-0.39, 0.29) is 12.5 Å². The van der Waals surface area contributed by atoms with Crippen molar-refractivity contribution in [1.29, 1.82) is 0 Å². The SMILES string of the molecule is Cc1ccc(-c2nnc([C@H](C)OC(=O)c3ccc(OCC(N)=O)cc3)o2)cc1. The van der Waals surface area contributed by atoms with Gasteiger partial charge in [0.2, 0.25) is 5.89 Å². The van der Waals surface area contributed by atoms with Crippen molar-refractivity contribution in [3.63, 3.8) is 0 Å². The standard InChI is InChI=1S/C20H19N3O5/c1-12-3-5-14(6-4-12)19-23-22-18(28-19)13(2)27-20(25)15-7-9-16(10-8-15)26-11-17(21)24/h3-10,13H,11H2,1-2H3,(H2,21,24)/t13-/m0/s1. The average Bonchev–Trinajstić information content (AvgIpc) is 3.17. The van der Waals surface area contributed by atoms with Gasteiger partial charge in [-0.05, 0) is 50.2 Å². The van der Waals surface area contributed by atoms with Crippen LogP contribution >= 0.6 is 0 Å². The van der Waals surface area contributed by atoms with E-state index in [1.54, 1.807) is 19.1 Å². The molecule has 28 heavy (non-hydrogen) atoms. The van der Waals surface area contributed by atoms with E-state index < -0.39 is 18.0 Å². The molecule has 144 valence electrons. The number of primary amides is 1. The maximum Gasteiger partial charge on any atom is 0.338 e. The molecule has 0 unspecified atom stereocenters. The molecule has 1 atom stereocenters. The molecule has 0 aliphatic heterocycles. The highest BCUT2D eigenvalue weighted by Crippen LogP contribution is 2.23. The van der Waals surface area contributed by atoms with Crippen molar-refractivity contribution >= 4 is 11.9 Å². The quantitative estimate of drug-likeness (QED) is 0.625. The van der Waals surface area contributed by atoms with Gasteiger partial charge in [-0.2, -0.15) is 0 Å². The third kappa shape index (κ3) is 4.73. The lowest BCUT2D eigenvalue weighted by Gasteiger charge is -2.10. The van der Waals surface area contributed by atoms with Crippen molar-refractivity contribution in [3.8, 4) is 17.2 Å². The first kappa shape index (κ1) is 19.1. The van der Waals surface area contributed by atoms with Gasteiger partial charge in [0.1, 0.15) is 5.75 Å². The zero-order chi connectivity index (χ0) is 20.1. The van der Waals surface area contributed by atoms with Crippen molar-refractivity contribution in [2.24, 2.45) is 5.73 Å². The van der Waals surface area contributed by atoms with Crippen molar-refractivity contribution in [2.75, 3.05) is 6.61 Å². The number of hydrogen-bond acceptors (Lipinski definition) is 7. The monoisotopic (exact) mass is 381 g/mol. The van der Waals surface area contributed by atoms with Crippen LogP contribution in [0, 0.1) is 6.92 Å². The molecule has 0 saturated heterocycles. The van der Waals surface area contributed by atoms with Gasteiger partial charge in [0, 0.05) is 5.56 Å². The summed E-state index contributed by atoms with van der Waals surface area (Å²) >= 11 is 0. The number of rotatable bonds is 7. The number of nitrogens with two attached hydrogens (primary N) is 1. The molecular formula is C20H19N3O5. The van der Waals surface area contributed by atoms with Crippen molar-refractivity contribution in [2.45, 2.75) is 20.0 Å². The molecule has 1 aromatic heterocycles. The fourth-order valence-electron chi connectivity index (χ4n) is 2.33. The first-order chi connectivity index (χ1) is 13.4. The Morgan fingerprint density at radius 2 is 1.75 bits per heavy atom.